The first-order valence-corrected chi connectivity index (χ1v) is 3.92. The van der Waals surface area contributed by atoms with E-state index in [1.165, 1.54) is 0 Å². The third-order valence-electron chi connectivity index (χ3n) is 1.36. The van der Waals surface area contributed by atoms with E-state index in [9.17, 15) is 4.79 Å². The molecule has 1 unspecified atom stereocenters. The van der Waals surface area contributed by atoms with Crippen LogP contribution in [0.4, 0.5) is 0 Å². The number of rotatable bonds is 5. The van der Waals surface area contributed by atoms with Crippen molar-refractivity contribution in [3.05, 3.63) is 0 Å². The molecule has 0 saturated heterocycles. The van der Waals surface area contributed by atoms with E-state index in [1.54, 1.807) is 7.11 Å². The van der Waals surface area contributed by atoms with Gasteiger partial charge in [-0.05, 0) is 6.92 Å². The molecule has 0 bridgehead atoms. The molecular formula is C9H15NO2. The van der Waals surface area contributed by atoms with Crippen LogP contribution in [-0.4, -0.2) is 25.7 Å². The molecule has 68 valence electrons. The molecule has 1 atom stereocenters. The van der Waals surface area contributed by atoms with Crippen molar-refractivity contribution in [2.24, 2.45) is 0 Å². The summed E-state index contributed by atoms with van der Waals surface area (Å²) in [5.41, 5.74) is 0. The fraction of sp³-hybridized carbons (Fsp3) is 0.667. The van der Waals surface area contributed by atoms with Crippen LogP contribution in [0.3, 0.4) is 0 Å². The highest BCUT2D eigenvalue weighted by atomic mass is 16.5. The molecule has 0 fully saturated rings. The number of methoxy groups -OCH3 is 1. The average Bonchev–Trinajstić information content (AvgIpc) is 2.01. The Hall–Kier alpha value is -1.01. The molecule has 0 aliphatic carbocycles. The Labute approximate surface area is 73.5 Å². The van der Waals surface area contributed by atoms with Crippen molar-refractivity contribution in [2.45, 2.75) is 25.8 Å². The third kappa shape index (κ3) is 5.75. The fourth-order valence-corrected chi connectivity index (χ4v) is 0.770. The number of hydrogen-bond acceptors (Lipinski definition) is 2. The molecule has 3 nitrogen and oxygen atoms in total. The van der Waals surface area contributed by atoms with Gasteiger partial charge < -0.3 is 10.1 Å². The standard InChI is InChI=1S/C9H15NO2/c1-4-5-8(2)10-9(11)6-7-12-3/h1,8H,5-7H2,2-3H3,(H,10,11). The molecule has 1 N–H and O–H groups in total. The lowest BCUT2D eigenvalue weighted by Gasteiger charge is -2.09. The number of terminal acetylenes is 1. The van der Waals surface area contributed by atoms with Crippen LogP contribution in [0.15, 0.2) is 0 Å². The van der Waals surface area contributed by atoms with E-state index in [2.05, 4.69) is 11.2 Å². The van der Waals surface area contributed by atoms with Crippen LogP contribution < -0.4 is 5.32 Å². The van der Waals surface area contributed by atoms with Gasteiger partial charge in [-0.2, -0.15) is 0 Å². The molecule has 1 amide bonds. The minimum Gasteiger partial charge on any atom is -0.384 e. The van der Waals surface area contributed by atoms with Crippen molar-refractivity contribution >= 4 is 5.91 Å². The van der Waals surface area contributed by atoms with Crippen LogP contribution in [0.2, 0.25) is 0 Å². The Bertz CT molecular complexity index is 172. The molecule has 3 heteroatoms. The molecule has 0 aromatic rings. The first kappa shape index (κ1) is 11.0. The molecule has 0 saturated carbocycles. The Morgan fingerprint density at radius 3 is 2.92 bits per heavy atom. The second kappa shape index (κ2) is 6.68. The van der Waals surface area contributed by atoms with E-state index in [0.29, 0.717) is 19.4 Å². The van der Waals surface area contributed by atoms with Gasteiger partial charge in [0.15, 0.2) is 0 Å². The van der Waals surface area contributed by atoms with Crippen LogP contribution in [0.1, 0.15) is 19.8 Å². The average molecular weight is 169 g/mol. The Morgan fingerprint density at radius 2 is 2.42 bits per heavy atom. The van der Waals surface area contributed by atoms with Gasteiger partial charge in [-0.1, -0.05) is 0 Å². The number of amides is 1. The molecule has 0 rings (SSSR count). The zero-order valence-corrected chi connectivity index (χ0v) is 7.59. The Kier molecular flexibility index (Phi) is 6.12. The Balaban J connectivity index is 3.48. The lowest BCUT2D eigenvalue weighted by atomic mass is 10.2. The molecule has 0 aromatic heterocycles. The summed E-state index contributed by atoms with van der Waals surface area (Å²) in [6.07, 6.45) is 6.04. The summed E-state index contributed by atoms with van der Waals surface area (Å²) in [4.78, 5) is 11.0. The molecule has 12 heavy (non-hydrogen) atoms. The largest absolute Gasteiger partial charge is 0.384 e. The monoisotopic (exact) mass is 169 g/mol. The highest BCUT2D eigenvalue weighted by molar-refractivity contribution is 5.76. The summed E-state index contributed by atoms with van der Waals surface area (Å²) in [6, 6.07) is 0.0550. The highest BCUT2D eigenvalue weighted by Crippen LogP contribution is 1.89. The van der Waals surface area contributed by atoms with Crippen molar-refractivity contribution < 1.29 is 9.53 Å². The molecule has 0 aliphatic rings. The highest BCUT2D eigenvalue weighted by Gasteiger charge is 2.04. The predicted octanol–water partition coefficient (Wildman–Crippen LogP) is 0.551. The number of ether oxygens (including phenoxy) is 1. The van der Waals surface area contributed by atoms with Gasteiger partial charge in [0.05, 0.1) is 6.61 Å². The van der Waals surface area contributed by atoms with Gasteiger partial charge >= 0.3 is 0 Å². The molecule has 0 heterocycles. The SMILES string of the molecule is C#CCC(C)NC(=O)CCOC. The van der Waals surface area contributed by atoms with Crippen molar-refractivity contribution in [3.8, 4) is 12.3 Å². The smallest absolute Gasteiger partial charge is 0.222 e. The summed E-state index contributed by atoms with van der Waals surface area (Å²) in [6.45, 7) is 2.33. The molecule has 0 spiro atoms. The van der Waals surface area contributed by atoms with Crippen molar-refractivity contribution in [3.63, 3.8) is 0 Å². The Morgan fingerprint density at radius 1 is 1.75 bits per heavy atom. The van der Waals surface area contributed by atoms with Gasteiger partial charge in [-0.15, -0.1) is 12.3 Å². The number of carbonyl (C=O) groups is 1. The first-order chi connectivity index (χ1) is 5.70. The maximum Gasteiger partial charge on any atom is 0.222 e. The minimum atomic E-state index is -0.0143. The van der Waals surface area contributed by atoms with Crippen LogP contribution in [0.5, 0.6) is 0 Å². The summed E-state index contributed by atoms with van der Waals surface area (Å²) in [5.74, 6) is 2.47. The minimum absolute atomic E-state index is 0.0143. The van der Waals surface area contributed by atoms with Gasteiger partial charge in [-0.25, -0.2) is 0 Å². The first-order valence-electron chi connectivity index (χ1n) is 3.92. The summed E-state index contributed by atoms with van der Waals surface area (Å²) in [7, 11) is 1.57. The molecule has 0 radical (unpaired) electrons. The van der Waals surface area contributed by atoms with Gasteiger partial charge in [0.1, 0.15) is 0 Å². The van der Waals surface area contributed by atoms with E-state index in [-0.39, 0.29) is 11.9 Å². The zero-order valence-electron chi connectivity index (χ0n) is 7.59. The third-order valence-corrected chi connectivity index (χ3v) is 1.36. The fourth-order valence-electron chi connectivity index (χ4n) is 0.770. The molecule has 0 aromatic carbocycles. The maximum atomic E-state index is 11.0. The predicted molar refractivity (Wildman–Crippen MR) is 47.5 cm³/mol. The van der Waals surface area contributed by atoms with Crippen molar-refractivity contribution in [1.29, 1.82) is 0 Å². The van der Waals surface area contributed by atoms with E-state index in [0.717, 1.165) is 0 Å². The van der Waals surface area contributed by atoms with Crippen LogP contribution in [0.25, 0.3) is 0 Å². The quantitative estimate of drug-likeness (QED) is 0.610. The topological polar surface area (TPSA) is 38.3 Å². The van der Waals surface area contributed by atoms with Gasteiger partial charge in [0.25, 0.3) is 0 Å². The van der Waals surface area contributed by atoms with Gasteiger partial charge in [0, 0.05) is 26.0 Å². The van der Waals surface area contributed by atoms with Crippen LogP contribution in [0, 0.1) is 12.3 Å². The number of hydrogen-bond donors (Lipinski definition) is 1. The summed E-state index contributed by atoms with van der Waals surface area (Å²) in [5, 5.41) is 2.75. The lowest BCUT2D eigenvalue weighted by Crippen LogP contribution is -2.32. The molecule has 0 aliphatic heterocycles. The zero-order chi connectivity index (χ0) is 9.40. The maximum absolute atomic E-state index is 11.0. The van der Waals surface area contributed by atoms with E-state index in [1.807, 2.05) is 6.92 Å². The van der Waals surface area contributed by atoms with Gasteiger partial charge in [-0.3, -0.25) is 4.79 Å². The summed E-state index contributed by atoms with van der Waals surface area (Å²) < 4.78 is 4.75. The second-order valence-corrected chi connectivity index (χ2v) is 2.62. The van der Waals surface area contributed by atoms with E-state index in [4.69, 9.17) is 11.2 Å². The van der Waals surface area contributed by atoms with Crippen LogP contribution >= 0.6 is 0 Å². The molecular weight excluding hydrogens is 154 g/mol. The second-order valence-electron chi connectivity index (χ2n) is 2.62. The van der Waals surface area contributed by atoms with E-state index >= 15 is 0 Å². The van der Waals surface area contributed by atoms with E-state index < -0.39 is 0 Å². The van der Waals surface area contributed by atoms with Crippen molar-refractivity contribution in [2.75, 3.05) is 13.7 Å². The normalized spacial score (nSPS) is 11.8. The van der Waals surface area contributed by atoms with Crippen LogP contribution in [-0.2, 0) is 9.53 Å². The van der Waals surface area contributed by atoms with Crippen molar-refractivity contribution in [1.82, 2.24) is 5.32 Å². The summed E-state index contributed by atoms with van der Waals surface area (Å²) >= 11 is 0. The number of nitrogens with one attached hydrogen (secondary N) is 1. The van der Waals surface area contributed by atoms with Gasteiger partial charge in [0.2, 0.25) is 5.91 Å². The number of carbonyl (C=O) groups excluding carboxylic acids is 1. The lowest BCUT2D eigenvalue weighted by molar-refractivity contribution is -0.122.